The van der Waals surface area contributed by atoms with Crippen molar-refractivity contribution in [1.29, 1.82) is 0 Å². The first kappa shape index (κ1) is 31.2. The molecule has 0 bridgehead atoms. The molecule has 3 aromatic carbocycles. The largest absolute Gasteiger partial charge is 0.350 e. The maximum Gasteiger partial charge on any atom is 0.244 e. The summed E-state index contributed by atoms with van der Waals surface area (Å²) in [5, 5.41) is 3.51. The number of rotatable bonds is 11. The molecule has 3 aromatic rings. The highest BCUT2D eigenvalue weighted by Crippen LogP contribution is 2.22. The number of hydrogen-bond donors (Lipinski definition) is 1. The van der Waals surface area contributed by atoms with Crippen molar-refractivity contribution in [1.82, 2.24) is 10.2 Å². The third kappa shape index (κ3) is 9.10. The third-order valence-corrected chi connectivity index (χ3v) is 7.70. The molecule has 0 aliphatic carbocycles. The molecule has 1 atom stereocenters. The lowest BCUT2D eigenvalue weighted by molar-refractivity contribution is -0.140. The highest BCUT2D eigenvalue weighted by atomic mass is 35.5. The van der Waals surface area contributed by atoms with Gasteiger partial charge in [-0.3, -0.25) is 13.9 Å². The number of sulfonamides is 1. The first-order valence-corrected chi connectivity index (χ1v) is 15.5. The van der Waals surface area contributed by atoms with Gasteiger partial charge >= 0.3 is 0 Å². The molecule has 0 aliphatic rings. The maximum absolute atomic E-state index is 14.1. The number of nitrogens with zero attached hydrogens (tertiary/aromatic N) is 2. The molecule has 214 valence electrons. The molecule has 0 unspecified atom stereocenters. The van der Waals surface area contributed by atoms with E-state index in [1.807, 2.05) is 76.2 Å². The van der Waals surface area contributed by atoms with Crippen LogP contribution < -0.4 is 9.62 Å². The van der Waals surface area contributed by atoms with E-state index in [-0.39, 0.29) is 18.9 Å². The van der Waals surface area contributed by atoms with E-state index in [0.717, 1.165) is 33.7 Å². The highest BCUT2D eigenvalue weighted by molar-refractivity contribution is 7.92. The molecule has 0 aromatic heterocycles. The summed E-state index contributed by atoms with van der Waals surface area (Å²) in [6.07, 6.45) is 2.12. The second-order valence-electron chi connectivity index (χ2n) is 10.9. The number of amides is 2. The minimum atomic E-state index is -3.82. The van der Waals surface area contributed by atoms with Crippen LogP contribution >= 0.6 is 11.6 Å². The van der Waals surface area contributed by atoms with Crippen LogP contribution in [0.2, 0.25) is 5.02 Å². The van der Waals surface area contributed by atoms with Crippen LogP contribution in [-0.2, 0) is 39.0 Å². The summed E-state index contributed by atoms with van der Waals surface area (Å²) >= 11 is 6.25. The van der Waals surface area contributed by atoms with E-state index in [0.29, 0.717) is 10.7 Å². The molecule has 0 fully saturated rings. The molecule has 0 saturated carbocycles. The fourth-order valence-corrected chi connectivity index (χ4v) is 5.41. The minimum absolute atomic E-state index is 0.0703. The molecular formula is C31H38ClN3O4S. The standard InChI is InChI=1S/C31H38ClN3O4S/c1-6-23-15-17-27(18-16-23)35(40(5,38)39)22-29(36)34(21-25-13-10-14-26(32)19-25)28(30(37)33-31(2,3)4)20-24-11-8-7-9-12-24/h7-19,28H,6,20-22H2,1-5H3,(H,33,37)/t28-/m1/s1. The number of hydrogen-bond acceptors (Lipinski definition) is 4. The molecule has 0 saturated heterocycles. The Hall–Kier alpha value is -3.36. The molecule has 3 rings (SSSR count). The molecule has 0 aliphatic heterocycles. The van der Waals surface area contributed by atoms with Crippen LogP contribution in [0, 0.1) is 0 Å². The number of nitrogens with one attached hydrogen (secondary N) is 1. The van der Waals surface area contributed by atoms with E-state index in [2.05, 4.69) is 5.32 Å². The Balaban J connectivity index is 2.06. The van der Waals surface area contributed by atoms with Crippen LogP contribution in [0.15, 0.2) is 78.9 Å². The van der Waals surface area contributed by atoms with Gasteiger partial charge in [0.1, 0.15) is 12.6 Å². The van der Waals surface area contributed by atoms with Crippen molar-refractivity contribution in [3.8, 4) is 0 Å². The summed E-state index contributed by atoms with van der Waals surface area (Å²) in [6.45, 7) is 7.24. The Bertz CT molecular complexity index is 1400. The van der Waals surface area contributed by atoms with E-state index in [1.165, 1.54) is 4.90 Å². The molecule has 9 heteroatoms. The van der Waals surface area contributed by atoms with Crippen LogP contribution in [-0.4, -0.2) is 49.5 Å². The zero-order valence-electron chi connectivity index (χ0n) is 23.7. The first-order valence-electron chi connectivity index (χ1n) is 13.2. The van der Waals surface area contributed by atoms with Crippen LogP contribution in [0.3, 0.4) is 0 Å². The monoisotopic (exact) mass is 583 g/mol. The van der Waals surface area contributed by atoms with Gasteiger partial charge in [0, 0.05) is 23.5 Å². The van der Waals surface area contributed by atoms with Crippen molar-refractivity contribution < 1.29 is 18.0 Å². The van der Waals surface area contributed by atoms with Gasteiger partial charge in [-0.15, -0.1) is 0 Å². The SMILES string of the molecule is CCc1ccc(N(CC(=O)N(Cc2cccc(Cl)c2)[C@H](Cc2ccccc2)C(=O)NC(C)(C)C)S(C)(=O)=O)cc1. The van der Waals surface area contributed by atoms with Gasteiger partial charge in [0.25, 0.3) is 0 Å². The Labute approximate surface area is 243 Å². The third-order valence-electron chi connectivity index (χ3n) is 6.32. The maximum atomic E-state index is 14.1. The molecule has 0 heterocycles. The van der Waals surface area contributed by atoms with E-state index < -0.39 is 34.1 Å². The van der Waals surface area contributed by atoms with Crippen molar-refractivity contribution in [3.63, 3.8) is 0 Å². The van der Waals surface area contributed by atoms with Crippen molar-refractivity contribution in [2.24, 2.45) is 0 Å². The smallest absolute Gasteiger partial charge is 0.244 e. The zero-order chi connectivity index (χ0) is 29.5. The quantitative estimate of drug-likeness (QED) is 0.335. The molecule has 0 radical (unpaired) electrons. The zero-order valence-corrected chi connectivity index (χ0v) is 25.3. The summed E-state index contributed by atoms with van der Waals surface area (Å²) < 4.78 is 26.9. The van der Waals surface area contributed by atoms with Crippen molar-refractivity contribution in [3.05, 3.63) is 101 Å². The van der Waals surface area contributed by atoms with Gasteiger partial charge in [-0.1, -0.05) is 73.1 Å². The summed E-state index contributed by atoms with van der Waals surface area (Å²) in [7, 11) is -3.82. The van der Waals surface area contributed by atoms with E-state index >= 15 is 0 Å². The second kappa shape index (κ2) is 13.3. The van der Waals surface area contributed by atoms with E-state index in [1.54, 1.807) is 30.3 Å². The normalized spacial score (nSPS) is 12.4. The summed E-state index contributed by atoms with van der Waals surface area (Å²) in [5.74, 6) is -0.833. The molecule has 0 spiro atoms. The van der Waals surface area contributed by atoms with Gasteiger partial charge in [-0.2, -0.15) is 0 Å². The number of halogens is 1. The summed E-state index contributed by atoms with van der Waals surface area (Å²) in [6, 6.07) is 22.7. The molecule has 40 heavy (non-hydrogen) atoms. The van der Waals surface area contributed by atoms with Crippen LogP contribution in [0.1, 0.15) is 44.4 Å². The Morgan fingerprint density at radius 1 is 0.900 bits per heavy atom. The van der Waals surface area contributed by atoms with Crippen molar-refractivity contribution in [2.45, 2.75) is 58.7 Å². The van der Waals surface area contributed by atoms with Gasteiger partial charge in [-0.05, 0) is 68.1 Å². The average molecular weight is 584 g/mol. The lowest BCUT2D eigenvalue weighted by atomic mass is 10.0. The van der Waals surface area contributed by atoms with E-state index in [9.17, 15) is 18.0 Å². The first-order chi connectivity index (χ1) is 18.8. The van der Waals surface area contributed by atoms with Gasteiger partial charge < -0.3 is 10.2 Å². The summed E-state index contributed by atoms with van der Waals surface area (Å²) in [4.78, 5) is 29.3. The fourth-order valence-electron chi connectivity index (χ4n) is 4.35. The Kier molecular flexibility index (Phi) is 10.4. The number of benzene rings is 3. The Morgan fingerprint density at radius 2 is 1.52 bits per heavy atom. The number of anilines is 1. The van der Waals surface area contributed by atoms with Crippen molar-refractivity contribution in [2.75, 3.05) is 17.1 Å². The molecule has 2 amide bonds. The molecular weight excluding hydrogens is 546 g/mol. The topological polar surface area (TPSA) is 86.8 Å². The lowest BCUT2D eigenvalue weighted by Crippen LogP contribution is -2.56. The molecule has 7 nitrogen and oxygen atoms in total. The second-order valence-corrected chi connectivity index (χ2v) is 13.2. The average Bonchev–Trinajstić information content (AvgIpc) is 2.88. The summed E-state index contributed by atoms with van der Waals surface area (Å²) in [5.41, 5.74) is 2.48. The van der Waals surface area contributed by atoms with Crippen LogP contribution in [0.25, 0.3) is 0 Å². The van der Waals surface area contributed by atoms with Crippen LogP contribution in [0.4, 0.5) is 5.69 Å². The van der Waals surface area contributed by atoms with E-state index in [4.69, 9.17) is 11.6 Å². The van der Waals surface area contributed by atoms with Gasteiger partial charge in [0.05, 0.1) is 11.9 Å². The Morgan fingerprint density at radius 3 is 2.08 bits per heavy atom. The lowest BCUT2D eigenvalue weighted by Gasteiger charge is -2.35. The number of carbonyl (C=O) groups is 2. The van der Waals surface area contributed by atoms with Crippen LogP contribution in [0.5, 0.6) is 0 Å². The number of aryl methyl sites for hydroxylation is 1. The van der Waals surface area contributed by atoms with Gasteiger partial charge in [0.2, 0.25) is 21.8 Å². The van der Waals surface area contributed by atoms with Gasteiger partial charge in [-0.25, -0.2) is 8.42 Å². The molecule has 1 N–H and O–H groups in total. The highest BCUT2D eigenvalue weighted by Gasteiger charge is 2.34. The fraction of sp³-hybridized carbons (Fsp3) is 0.355. The predicted molar refractivity (Wildman–Crippen MR) is 162 cm³/mol. The van der Waals surface area contributed by atoms with Gasteiger partial charge in [0.15, 0.2) is 0 Å². The predicted octanol–water partition coefficient (Wildman–Crippen LogP) is 5.22. The number of carbonyl (C=O) groups excluding carboxylic acids is 2. The van der Waals surface area contributed by atoms with Crippen molar-refractivity contribution >= 4 is 39.1 Å². The minimum Gasteiger partial charge on any atom is -0.350 e.